The van der Waals surface area contributed by atoms with E-state index in [1.54, 1.807) is 18.2 Å². The predicted octanol–water partition coefficient (Wildman–Crippen LogP) is 3.68. The normalized spacial score (nSPS) is 15.8. The number of aromatic nitrogens is 2. The summed E-state index contributed by atoms with van der Waals surface area (Å²) in [7, 11) is 1.63. The Balaban J connectivity index is 1.80. The predicted molar refractivity (Wildman–Crippen MR) is 99.7 cm³/mol. The second kappa shape index (κ2) is 6.90. The molecular weight excluding hydrogens is 332 g/mol. The van der Waals surface area contributed by atoms with Crippen molar-refractivity contribution in [3.63, 3.8) is 0 Å². The van der Waals surface area contributed by atoms with Gasteiger partial charge in [-0.3, -0.25) is 4.68 Å². The van der Waals surface area contributed by atoms with Crippen LogP contribution in [0, 0.1) is 0 Å². The summed E-state index contributed by atoms with van der Waals surface area (Å²) < 4.78 is 13.2. The molecule has 0 aliphatic carbocycles. The quantitative estimate of drug-likeness (QED) is 0.909. The minimum Gasteiger partial charge on any atom is -0.497 e. The maximum atomic E-state index is 12.8. The number of carbonyl (C=O) groups is 1. The highest BCUT2D eigenvalue weighted by molar-refractivity contribution is 5.89. The fraction of sp³-hybridized carbons (Fsp3) is 0.474. The van der Waals surface area contributed by atoms with E-state index in [2.05, 4.69) is 10.4 Å². The van der Waals surface area contributed by atoms with Crippen LogP contribution in [0.15, 0.2) is 30.6 Å². The first-order valence-corrected chi connectivity index (χ1v) is 8.73. The minimum absolute atomic E-state index is 0.173. The average molecular weight is 358 g/mol. The highest BCUT2D eigenvalue weighted by Gasteiger charge is 2.32. The lowest BCUT2D eigenvalue weighted by molar-refractivity contribution is 0.0833. The zero-order valence-electron chi connectivity index (χ0n) is 15.9. The number of hydrogen-bond donors (Lipinski definition) is 1. The van der Waals surface area contributed by atoms with E-state index >= 15 is 0 Å². The fourth-order valence-electron chi connectivity index (χ4n) is 2.97. The molecule has 0 atom stereocenters. The summed E-state index contributed by atoms with van der Waals surface area (Å²) in [6.07, 6.45) is 3.50. The molecule has 1 aromatic carbocycles. The van der Waals surface area contributed by atoms with Gasteiger partial charge in [0.05, 0.1) is 32.1 Å². The molecule has 2 aromatic rings. The third-order valence-corrected chi connectivity index (χ3v) is 4.26. The first-order chi connectivity index (χ1) is 12.3. The maximum absolute atomic E-state index is 12.8. The summed E-state index contributed by atoms with van der Waals surface area (Å²) in [5.74, 6) is 1.48. The van der Waals surface area contributed by atoms with Crippen LogP contribution in [-0.2, 0) is 6.54 Å². The number of hydrogen-bond acceptors (Lipinski definition) is 4. The van der Waals surface area contributed by atoms with Crippen molar-refractivity contribution in [3.8, 4) is 11.5 Å². The summed E-state index contributed by atoms with van der Waals surface area (Å²) in [5, 5.41) is 7.19. The number of anilines is 1. The van der Waals surface area contributed by atoms with E-state index in [4.69, 9.17) is 9.47 Å². The number of nitrogens with one attached hydrogen (secondary N) is 1. The van der Waals surface area contributed by atoms with Crippen LogP contribution in [0.4, 0.5) is 10.5 Å². The number of benzene rings is 1. The Bertz CT molecular complexity index is 798. The third-order valence-electron chi connectivity index (χ3n) is 4.26. The molecule has 1 N–H and O–H groups in total. The Hall–Kier alpha value is -2.70. The number of urea groups is 1. The first kappa shape index (κ1) is 18.1. The standard InChI is InChI=1S/C19H26N4O3/c1-13(2)23-11-15(9-20-23)21-18(24)22-10-14-6-7-16(25-5)8-17(14)26-19(3,4)12-22/h6-9,11,13H,10,12H2,1-5H3,(H,21,24). The van der Waals surface area contributed by atoms with Gasteiger partial charge in [-0.2, -0.15) is 5.10 Å². The monoisotopic (exact) mass is 358 g/mol. The lowest BCUT2D eigenvalue weighted by Crippen LogP contribution is -2.44. The van der Waals surface area contributed by atoms with Crippen LogP contribution in [0.5, 0.6) is 11.5 Å². The Labute approximate surface area is 153 Å². The van der Waals surface area contributed by atoms with Crippen molar-refractivity contribution < 1.29 is 14.3 Å². The summed E-state index contributed by atoms with van der Waals surface area (Å²) >= 11 is 0. The van der Waals surface area contributed by atoms with Crippen LogP contribution < -0.4 is 14.8 Å². The van der Waals surface area contributed by atoms with E-state index in [1.807, 2.05) is 56.8 Å². The van der Waals surface area contributed by atoms with Gasteiger partial charge in [0.1, 0.15) is 17.1 Å². The molecule has 7 heteroatoms. The van der Waals surface area contributed by atoms with Gasteiger partial charge in [0.15, 0.2) is 0 Å². The minimum atomic E-state index is -0.517. The summed E-state index contributed by atoms with van der Waals surface area (Å²) in [4.78, 5) is 14.6. The molecule has 0 unspecified atom stereocenters. The SMILES string of the molecule is COc1ccc2c(c1)OC(C)(C)CN(C(=O)Nc1cnn(C(C)C)c1)C2. The van der Waals surface area contributed by atoms with Crippen molar-refractivity contribution in [1.82, 2.24) is 14.7 Å². The molecule has 26 heavy (non-hydrogen) atoms. The lowest BCUT2D eigenvalue weighted by Gasteiger charge is -2.29. The van der Waals surface area contributed by atoms with Gasteiger partial charge in [0.2, 0.25) is 0 Å². The molecular formula is C19H26N4O3. The maximum Gasteiger partial charge on any atom is 0.322 e. The smallest absolute Gasteiger partial charge is 0.322 e. The summed E-state index contributed by atoms with van der Waals surface area (Å²) in [5.41, 5.74) is 1.11. The zero-order valence-corrected chi connectivity index (χ0v) is 15.9. The molecule has 3 rings (SSSR count). The number of rotatable bonds is 3. The van der Waals surface area contributed by atoms with E-state index in [1.165, 1.54) is 0 Å². The molecule has 0 fully saturated rings. The van der Waals surface area contributed by atoms with Crippen LogP contribution in [-0.4, -0.2) is 40.0 Å². The van der Waals surface area contributed by atoms with Crippen molar-refractivity contribution in [2.45, 2.75) is 45.9 Å². The molecule has 0 saturated carbocycles. The number of ether oxygens (including phenoxy) is 2. The fourth-order valence-corrected chi connectivity index (χ4v) is 2.97. The number of carbonyl (C=O) groups excluding carboxylic acids is 1. The molecule has 2 amide bonds. The van der Waals surface area contributed by atoms with Crippen molar-refractivity contribution in [2.24, 2.45) is 0 Å². The average Bonchev–Trinajstić information content (AvgIpc) is 2.98. The number of nitrogens with zero attached hydrogens (tertiary/aromatic N) is 3. The van der Waals surface area contributed by atoms with Gasteiger partial charge in [0.25, 0.3) is 0 Å². The van der Waals surface area contributed by atoms with Crippen molar-refractivity contribution in [2.75, 3.05) is 19.0 Å². The Morgan fingerprint density at radius 2 is 2.15 bits per heavy atom. The number of fused-ring (bicyclic) bond motifs is 1. The van der Waals surface area contributed by atoms with Gasteiger partial charge in [-0.25, -0.2) is 4.79 Å². The lowest BCUT2D eigenvalue weighted by atomic mass is 10.1. The van der Waals surface area contributed by atoms with E-state index < -0.39 is 5.60 Å². The number of methoxy groups -OCH3 is 1. The van der Waals surface area contributed by atoms with E-state index in [0.717, 1.165) is 17.1 Å². The van der Waals surface area contributed by atoms with Gasteiger partial charge in [-0.05, 0) is 39.8 Å². The molecule has 140 valence electrons. The van der Waals surface area contributed by atoms with Gasteiger partial charge >= 0.3 is 6.03 Å². The van der Waals surface area contributed by atoms with E-state index in [9.17, 15) is 4.79 Å². The molecule has 0 saturated heterocycles. The molecule has 1 aliphatic heterocycles. The molecule has 1 aromatic heterocycles. The topological polar surface area (TPSA) is 68.6 Å². The number of amides is 2. The van der Waals surface area contributed by atoms with Crippen LogP contribution in [0.25, 0.3) is 0 Å². The Morgan fingerprint density at radius 1 is 1.38 bits per heavy atom. The molecule has 0 radical (unpaired) electrons. The van der Waals surface area contributed by atoms with Gasteiger partial charge in [-0.15, -0.1) is 0 Å². The van der Waals surface area contributed by atoms with Crippen LogP contribution in [0.1, 0.15) is 39.3 Å². The van der Waals surface area contributed by atoms with Gasteiger partial charge in [-0.1, -0.05) is 0 Å². The van der Waals surface area contributed by atoms with E-state index in [0.29, 0.717) is 18.8 Å². The van der Waals surface area contributed by atoms with E-state index in [-0.39, 0.29) is 12.1 Å². The van der Waals surface area contributed by atoms with Crippen LogP contribution in [0.2, 0.25) is 0 Å². The highest BCUT2D eigenvalue weighted by Crippen LogP contribution is 2.32. The van der Waals surface area contributed by atoms with Crippen molar-refractivity contribution in [3.05, 3.63) is 36.2 Å². The third kappa shape index (κ3) is 3.92. The Morgan fingerprint density at radius 3 is 2.81 bits per heavy atom. The van der Waals surface area contributed by atoms with Gasteiger partial charge in [0, 0.05) is 23.9 Å². The molecule has 7 nitrogen and oxygen atoms in total. The highest BCUT2D eigenvalue weighted by atomic mass is 16.5. The summed E-state index contributed by atoms with van der Waals surface area (Å²) in [6.45, 7) is 8.95. The molecule has 1 aliphatic rings. The Kier molecular flexibility index (Phi) is 4.80. The van der Waals surface area contributed by atoms with Crippen molar-refractivity contribution in [1.29, 1.82) is 0 Å². The zero-order chi connectivity index (χ0) is 18.9. The molecule has 2 heterocycles. The first-order valence-electron chi connectivity index (χ1n) is 8.73. The van der Waals surface area contributed by atoms with Crippen molar-refractivity contribution >= 4 is 11.7 Å². The largest absolute Gasteiger partial charge is 0.497 e. The molecule has 0 spiro atoms. The van der Waals surface area contributed by atoms with Gasteiger partial charge < -0.3 is 19.7 Å². The van der Waals surface area contributed by atoms with Crippen LogP contribution >= 0.6 is 0 Å². The van der Waals surface area contributed by atoms with Crippen LogP contribution in [0.3, 0.4) is 0 Å². The molecule has 0 bridgehead atoms. The second-order valence-electron chi connectivity index (χ2n) is 7.42. The second-order valence-corrected chi connectivity index (χ2v) is 7.42. The summed E-state index contributed by atoms with van der Waals surface area (Å²) in [6, 6.07) is 5.75.